The molecule has 0 heterocycles. The van der Waals surface area contributed by atoms with Crippen LogP contribution in [0.3, 0.4) is 0 Å². The number of halogens is 3. The van der Waals surface area contributed by atoms with Gasteiger partial charge in [-0.15, -0.1) is 0 Å². The van der Waals surface area contributed by atoms with E-state index >= 15 is 0 Å². The fraction of sp³-hybridized carbons (Fsp3) is 0. The maximum Gasteiger partial charge on any atom is 0.258 e. The van der Waals surface area contributed by atoms with E-state index in [0.29, 0.717) is 0 Å². The Hall–Kier alpha value is -2.47. The third kappa shape index (κ3) is 3.17. The number of anilines is 1. The molecule has 2 rings (SSSR count). The van der Waals surface area contributed by atoms with Crippen LogP contribution in [0.5, 0.6) is 0 Å². The predicted molar refractivity (Wildman–Crippen MR) is 74.3 cm³/mol. The number of carbonyl (C=O) groups is 2. The monoisotopic (exact) mass is 310 g/mol. The molecule has 0 aliphatic carbocycles. The van der Waals surface area contributed by atoms with Gasteiger partial charge in [0.15, 0.2) is 11.6 Å². The van der Waals surface area contributed by atoms with Crippen LogP contribution >= 0.6 is 11.6 Å². The van der Waals surface area contributed by atoms with Crippen molar-refractivity contribution < 1.29 is 18.4 Å². The summed E-state index contributed by atoms with van der Waals surface area (Å²) in [5, 5.41) is 2.43. The highest BCUT2D eigenvalue weighted by Crippen LogP contribution is 2.24. The van der Waals surface area contributed by atoms with Gasteiger partial charge in [-0.3, -0.25) is 9.59 Å². The molecule has 0 bridgehead atoms. The first-order valence-corrected chi connectivity index (χ1v) is 6.12. The Labute approximate surface area is 123 Å². The predicted octanol–water partition coefficient (Wildman–Crippen LogP) is 2.97. The minimum absolute atomic E-state index is 0.0710. The summed E-state index contributed by atoms with van der Waals surface area (Å²) in [6, 6.07) is 7.21. The number of carbonyl (C=O) groups excluding carboxylic acids is 2. The molecule has 0 aliphatic heterocycles. The highest BCUT2D eigenvalue weighted by molar-refractivity contribution is 6.34. The average Bonchev–Trinajstić information content (AvgIpc) is 2.43. The second-order valence-electron chi connectivity index (χ2n) is 4.11. The van der Waals surface area contributed by atoms with Crippen molar-refractivity contribution in [1.82, 2.24) is 0 Å². The van der Waals surface area contributed by atoms with Gasteiger partial charge in [0, 0.05) is 5.56 Å². The first-order valence-electron chi connectivity index (χ1n) is 5.75. The van der Waals surface area contributed by atoms with Crippen LogP contribution < -0.4 is 11.1 Å². The molecule has 2 aromatic rings. The minimum Gasteiger partial charge on any atom is -0.366 e. The lowest BCUT2D eigenvalue weighted by Crippen LogP contribution is -2.16. The molecule has 0 fully saturated rings. The van der Waals surface area contributed by atoms with E-state index < -0.39 is 29.0 Å². The molecule has 3 N–H and O–H groups in total. The van der Waals surface area contributed by atoms with Crippen molar-refractivity contribution in [1.29, 1.82) is 0 Å². The molecule has 0 saturated heterocycles. The van der Waals surface area contributed by atoms with Gasteiger partial charge in [-0.1, -0.05) is 17.7 Å². The minimum atomic E-state index is -1.27. The molecule has 2 aromatic carbocycles. The van der Waals surface area contributed by atoms with Crippen molar-refractivity contribution in [3.63, 3.8) is 0 Å². The van der Waals surface area contributed by atoms with E-state index in [1.165, 1.54) is 24.3 Å². The summed E-state index contributed by atoms with van der Waals surface area (Å²) in [7, 11) is 0. The maximum atomic E-state index is 13.5. The van der Waals surface area contributed by atoms with Crippen LogP contribution in [0.1, 0.15) is 20.7 Å². The molecule has 0 aliphatic rings. The second-order valence-corrected chi connectivity index (χ2v) is 4.52. The Kier molecular flexibility index (Phi) is 4.18. The van der Waals surface area contributed by atoms with Gasteiger partial charge in [0.2, 0.25) is 5.91 Å². The molecule has 0 saturated carbocycles. The molecule has 4 nitrogen and oxygen atoms in total. The van der Waals surface area contributed by atoms with Gasteiger partial charge in [-0.2, -0.15) is 0 Å². The lowest BCUT2D eigenvalue weighted by atomic mass is 10.1. The smallest absolute Gasteiger partial charge is 0.258 e. The van der Waals surface area contributed by atoms with E-state index in [2.05, 4.69) is 5.32 Å². The zero-order valence-electron chi connectivity index (χ0n) is 10.5. The SMILES string of the molecule is NC(=O)c1ccc(Cl)c(NC(=O)c2cccc(F)c2F)c1. The molecule has 0 atom stereocenters. The van der Waals surface area contributed by atoms with Crippen molar-refractivity contribution in [3.8, 4) is 0 Å². The van der Waals surface area contributed by atoms with Crippen LogP contribution in [0.15, 0.2) is 36.4 Å². The first kappa shape index (κ1) is 14.9. The zero-order valence-corrected chi connectivity index (χ0v) is 11.2. The van der Waals surface area contributed by atoms with Gasteiger partial charge in [0.05, 0.1) is 16.3 Å². The summed E-state index contributed by atoms with van der Waals surface area (Å²) in [6.45, 7) is 0. The van der Waals surface area contributed by atoms with Gasteiger partial charge >= 0.3 is 0 Å². The molecule has 0 spiro atoms. The largest absolute Gasteiger partial charge is 0.366 e. The number of hydrogen-bond donors (Lipinski definition) is 2. The molecule has 0 aromatic heterocycles. The summed E-state index contributed by atoms with van der Waals surface area (Å²) in [5.74, 6) is -4.01. The highest BCUT2D eigenvalue weighted by Gasteiger charge is 2.16. The number of amides is 2. The second kappa shape index (κ2) is 5.88. The van der Waals surface area contributed by atoms with Crippen molar-refractivity contribution in [2.75, 3.05) is 5.32 Å². The number of hydrogen-bond acceptors (Lipinski definition) is 2. The summed E-state index contributed by atoms with van der Waals surface area (Å²) in [4.78, 5) is 23.0. The van der Waals surface area contributed by atoms with Gasteiger partial charge < -0.3 is 11.1 Å². The summed E-state index contributed by atoms with van der Waals surface area (Å²) < 4.78 is 26.6. The first-order chi connectivity index (χ1) is 9.90. The fourth-order valence-corrected chi connectivity index (χ4v) is 1.81. The number of nitrogens with one attached hydrogen (secondary N) is 1. The normalized spacial score (nSPS) is 10.2. The van der Waals surface area contributed by atoms with Gasteiger partial charge in [-0.05, 0) is 30.3 Å². The highest BCUT2D eigenvalue weighted by atomic mass is 35.5. The van der Waals surface area contributed by atoms with Crippen LogP contribution in [0, 0.1) is 11.6 Å². The van der Waals surface area contributed by atoms with Crippen molar-refractivity contribution in [2.45, 2.75) is 0 Å². The molecular formula is C14H9ClF2N2O2. The topological polar surface area (TPSA) is 72.2 Å². The van der Waals surface area contributed by atoms with Crippen LogP contribution in [-0.4, -0.2) is 11.8 Å². The summed E-state index contributed by atoms with van der Waals surface area (Å²) in [6.07, 6.45) is 0. The van der Waals surface area contributed by atoms with Crippen molar-refractivity contribution in [3.05, 3.63) is 64.2 Å². The van der Waals surface area contributed by atoms with E-state index in [-0.39, 0.29) is 16.3 Å². The molecule has 0 unspecified atom stereocenters. The van der Waals surface area contributed by atoms with Crippen LogP contribution in [-0.2, 0) is 0 Å². The van der Waals surface area contributed by atoms with E-state index in [4.69, 9.17) is 17.3 Å². The Balaban J connectivity index is 2.33. The van der Waals surface area contributed by atoms with Gasteiger partial charge in [-0.25, -0.2) is 8.78 Å². The Morgan fingerprint density at radius 3 is 2.52 bits per heavy atom. The fourth-order valence-electron chi connectivity index (χ4n) is 1.64. The van der Waals surface area contributed by atoms with Crippen molar-refractivity contribution >= 4 is 29.1 Å². The Bertz CT molecular complexity index is 735. The molecular weight excluding hydrogens is 302 g/mol. The Morgan fingerprint density at radius 1 is 1.14 bits per heavy atom. The summed E-state index contributed by atoms with van der Waals surface area (Å²) in [5.41, 5.74) is 4.83. The molecule has 7 heteroatoms. The van der Waals surface area contributed by atoms with E-state index in [0.717, 1.165) is 12.1 Å². The number of nitrogens with two attached hydrogens (primary N) is 1. The van der Waals surface area contributed by atoms with Gasteiger partial charge in [0.1, 0.15) is 0 Å². The lowest BCUT2D eigenvalue weighted by molar-refractivity contribution is 0.0995. The van der Waals surface area contributed by atoms with E-state index in [1.54, 1.807) is 0 Å². The van der Waals surface area contributed by atoms with E-state index in [1.807, 2.05) is 0 Å². The molecule has 0 radical (unpaired) electrons. The number of primary amides is 1. The molecule has 108 valence electrons. The molecule has 2 amide bonds. The number of rotatable bonds is 3. The zero-order chi connectivity index (χ0) is 15.6. The Morgan fingerprint density at radius 2 is 1.86 bits per heavy atom. The molecule has 21 heavy (non-hydrogen) atoms. The third-order valence-corrected chi connectivity index (χ3v) is 3.02. The van der Waals surface area contributed by atoms with Crippen molar-refractivity contribution in [2.24, 2.45) is 5.73 Å². The summed E-state index contributed by atoms with van der Waals surface area (Å²) >= 11 is 5.87. The van der Waals surface area contributed by atoms with Gasteiger partial charge in [0.25, 0.3) is 5.91 Å². The standard InChI is InChI=1S/C14H9ClF2N2O2/c15-9-5-4-7(13(18)20)6-11(9)19-14(21)8-2-1-3-10(16)12(8)17/h1-6H,(H2,18,20)(H,19,21). The number of benzene rings is 2. The maximum absolute atomic E-state index is 13.5. The van der Waals surface area contributed by atoms with E-state index in [9.17, 15) is 18.4 Å². The average molecular weight is 311 g/mol. The van der Waals surface area contributed by atoms with Crippen LogP contribution in [0.4, 0.5) is 14.5 Å². The lowest BCUT2D eigenvalue weighted by Gasteiger charge is -2.09. The van der Waals surface area contributed by atoms with Crippen LogP contribution in [0.2, 0.25) is 5.02 Å². The third-order valence-electron chi connectivity index (χ3n) is 2.70. The van der Waals surface area contributed by atoms with Crippen LogP contribution in [0.25, 0.3) is 0 Å². The quantitative estimate of drug-likeness (QED) is 0.914.